The molecule has 0 aliphatic carbocycles. The van der Waals surface area contributed by atoms with Gasteiger partial charge in [-0.3, -0.25) is 0 Å². The van der Waals surface area contributed by atoms with E-state index >= 15 is 0 Å². The smallest absolute Gasteiger partial charge is 0.193 e. The summed E-state index contributed by atoms with van der Waals surface area (Å²) >= 11 is 1.75. The number of benzene rings is 1. The van der Waals surface area contributed by atoms with Gasteiger partial charge in [0.15, 0.2) is 5.96 Å². The van der Waals surface area contributed by atoms with E-state index < -0.39 is 0 Å². The van der Waals surface area contributed by atoms with Crippen LogP contribution < -0.4 is 11.1 Å². The van der Waals surface area contributed by atoms with E-state index in [2.05, 4.69) is 61.4 Å². The number of anilines is 1. The molecule has 0 bridgehead atoms. The van der Waals surface area contributed by atoms with Crippen LogP contribution in [-0.4, -0.2) is 5.96 Å². The number of thiophene rings is 1. The fourth-order valence-electron chi connectivity index (χ4n) is 1.97. The topological polar surface area (TPSA) is 50.4 Å². The van der Waals surface area contributed by atoms with Crippen molar-refractivity contribution < 1.29 is 0 Å². The zero-order valence-corrected chi connectivity index (χ0v) is 12.3. The maximum absolute atomic E-state index is 5.90. The summed E-state index contributed by atoms with van der Waals surface area (Å²) in [5.41, 5.74) is 9.32. The van der Waals surface area contributed by atoms with Crippen LogP contribution in [-0.2, 0) is 6.54 Å². The van der Waals surface area contributed by atoms with Crippen molar-refractivity contribution in [2.24, 2.45) is 10.7 Å². The lowest BCUT2D eigenvalue weighted by Crippen LogP contribution is -2.22. The summed E-state index contributed by atoms with van der Waals surface area (Å²) in [7, 11) is 0. The van der Waals surface area contributed by atoms with E-state index in [1.54, 1.807) is 11.3 Å². The van der Waals surface area contributed by atoms with Crippen molar-refractivity contribution in [2.75, 3.05) is 5.32 Å². The maximum atomic E-state index is 5.90. The van der Waals surface area contributed by atoms with Gasteiger partial charge in [0.1, 0.15) is 0 Å². The summed E-state index contributed by atoms with van der Waals surface area (Å²) in [4.78, 5) is 6.88. The Bertz CT molecular complexity index is 579. The molecule has 0 spiro atoms. The monoisotopic (exact) mass is 273 g/mol. The summed E-state index contributed by atoms with van der Waals surface area (Å²) in [6.07, 6.45) is 0. The van der Waals surface area contributed by atoms with E-state index in [1.165, 1.54) is 20.9 Å². The van der Waals surface area contributed by atoms with Gasteiger partial charge < -0.3 is 11.1 Å². The second kappa shape index (κ2) is 5.89. The van der Waals surface area contributed by atoms with E-state index in [0.29, 0.717) is 12.5 Å². The Morgan fingerprint density at radius 2 is 1.84 bits per heavy atom. The molecule has 19 heavy (non-hydrogen) atoms. The van der Waals surface area contributed by atoms with Gasteiger partial charge in [-0.15, -0.1) is 11.3 Å². The largest absolute Gasteiger partial charge is 0.370 e. The first-order valence-electron chi connectivity index (χ1n) is 6.23. The zero-order valence-electron chi connectivity index (χ0n) is 11.5. The maximum Gasteiger partial charge on any atom is 0.193 e. The third-order valence-electron chi connectivity index (χ3n) is 2.70. The lowest BCUT2D eigenvalue weighted by atomic mass is 10.1. The molecule has 3 nitrogen and oxygen atoms in total. The standard InChI is InChI=1S/C15H19N3S/c1-10-6-11(2)8-13(7-10)18-15(16)17-9-14-5-4-12(3)19-14/h4-8H,9H2,1-3H3,(H3,16,17,18). The van der Waals surface area contributed by atoms with E-state index in [0.717, 1.165) is 5.69 Å². The average molecular weight is 273 g/mol. The van der Waals surface area contributed by atoms with E-state index in [4.69, 9.17) is 5.73 Å². The molecule has 0 unspecified atom stereocenters. The van der Waals surface area contributed by atoms with Crippen molar-refractivity contribution in [1.82, 2.24) is 0 Å². The van der Waals surface area contributed by atoms with E-state index in [1.807, 2.05) is 0 Å². The normalized spacial score (nSPS) is 11.6. The summed E-state index contributed by atoms with van der Waals surface area (Å²) in [5, 5.41) is 3.13. The predicted molar refractivity (Wildman–Crippen MR) is 83.9 cm³/mol. The van der Waals surface area contributed by atoms with Crippen LogP contribution in [0.3, 0.4) is 0 Å². The molecule has 4 heteroatoms. The lowest BCUT2D eigenvalue weighted by molar-refractivity contribution is 1.09. The fourth-order valence-corrected chi connectivity index (χ4v) is 2.78. The highest BCUT2D eigenvalue weighted by atomic mass is 32.1. The Kier molecular flexibility index (Phi) is 4.22. The fraction of sp³-hybridized carbons (Fsp3) is 0.267. The summed E-state index contributed by atoms with van der Waals surface area (Å²) in [6.45, 7) is 6.86. The van der Waals surface area contributed by atoms with E-state index in [9.17, 15) is 0 Å². The van der Waals surface area contributed by atoms with Crippen LogP contribution in [0.25, 0.3) is 0 Å². The number of hydrogen-bond acceptors (Lipinski definition) is 2. The minimum atomic E-state index is 0.455. The molecule has 0 aliphatic rings. The van der Waals surface area contributed by atoms with Crippen molar-refractivity contribution in [3.05, 3.63) is 51.2 Å². The van der Waals surface area contributed by atoms with Gasteiger partial charge in [-0.05, 0) is 56.2 Å². The van der Waals surface area contributed by atoms with Crippen LogP contribution in [0.15, 0.2) is 35.3 Å². The highest BCUT2D eigenvalue weighted by molar-refractivity contribution is 7.11. The first-order valence-corrected chi connectivity index (χ1v) is 7.05. The van der Waals surface area contributed by atoms with Crippen LogP contribution in [0, 0.1) is 20.8 Å². The Morgan fingerprint density at radius 1 is 1.16 bits per heavy atom. The molecule has 1 heterocycles. The number of hydrogen-bond donors (Lipinski definition) is 2. The number of guanidine groups is 1. The summed E-state index contributed by atoms with van der Waals surface area (Å²) in [5.74, 6) is 0.455. The summed E-state index contributed by atoms with van der Waals surface area (Å²) < 4.78 is 0. The highest BCUT2D eigenvalue weighted by Crippen LogP contribution is 2.16. The molecule has 2 aromatic rings. The van der Waals surface area contributed by atoms with Crippen LogP contribution in [0.5, 0.6) is 0 Å². The third-order valence-corrected chi connectivity index (χ3v) is 3.68. The SMILES string of the molecule is Cc1cc(C)cc(NC(N)=NCc2ccc(C)s2)c1. The molecule has 3 N–H and O–H groups in total. The lowest BCUT2D eigenvalue weighted by Gasteiger charge is -2.07. The van der Waals surface area contributed by atoms with Gasteiger partial charge in [0.25, 0.3) is 0 Å². The van der Waals surface area contributed by atoms with E-state index in [-0.39, 0.29) is 0 Å². The molecule has 0 saturated carbocycles. The van der Waals surface area contributed by atoms with Crippen molar-refractivity contribution in [3.8, 4) is 0 Å². The number of nitrogens with one attached hydrogen (secondary N) is 1. The molecule has 0 saturated heterocycles. The molecular weight excluding hydrogens is 254 g/mol. The number of nitrogens with zero attached hydrogens (tertiary/aromatic N) is 1. The Hall–Kier alpha value is -1.81. The van der Waals surface area contributed by atoms with Crippen LogP contribution in [0.2, 0.25) is 0 Å². The predicted octanol–water partition coefficient (Wildman–Crippen LogP) is 3.60. The molecular formula is C15H19N3S. The van der Waals surface area contributed by atoms with Gasteiger partial charge in [0, 0.05) is 15.4 Å². The first kappa shape index (κ1) is 13.6. The molecule has 1 aromatic heterocycles. The molecule has 0 aliphatic heterocycles. The minimum Gasteiger partial charge on any atom is -0.370 e. The molecule has 0 fully saturated rings. The molecule has 1 aromatic carbocycles. The summed E-state index contributed by atoms with van der Waals surface area (Å²) in [6, 6.07) is 10.4. The number of aryl methyl sites for hydroxylation is 3. The van der Waals surface area contributed by atoms with Crippen LogP contribution >= 0.6 is 11.3 Å². The average Bonchev–Trinajstić information content (AvgIpc) is 2.71. The Balaban J connectivity index is 2.01. The van der Waals surface area contributed by atoms with Gasteiger partial charge in [0.2, 0.25) is 0 Å². The van der Waals surface area contributed by atoms with Crippen molar-refractivity contribution >= 4 is 23.0 Å². The number of nitrogens with two attached hydrogens (primary N) is 1. The molecule has 100 valence electrons. The molecule has 0 amide bonds. The first-order chi connectivity index (χ1) is 9.02. The van der Waals surface area contributed by atoms with Gasteiger partial charge in [0.05, 0.1) is 6.54 Å². The number of rotatable bonds is 3. The molecule has 0 radical (unpaired) electrons. The van der Waals surface area contributed by atoms with Crippen LogP contribution in [0.1, 0.15) is 20.9 Å². The number of aliphatic imine (C=N–C) groups is 1. The van der Waals surface area contributed by atoms with Gasteiger partial charge in [-0.25, -0.2) is 4.99 Å². The molecule has 2 rings (SSSR count). The quantitative estimate of drug-likeness (QED) is 0.663. The third kappa shape index (κ3) is 4.10. The van der Waals surface area contributed by atoms with Crippen molar-refractivity contribution in [3.63, 3.8) is 0 Å². The Labute approximate surface area is 118 Å². The van der Waals surface area contributed by atoms with Crippen molar-refractivity contribution in [1.29, 1.82) is 0 Å². The minimum absolute atomic E-state index is 0.455. The van der Waals surface area contributed by atoms with Crippen molar-refractivity contribution in [2.45, 2.75) is 27.3 Å². The van der Waals surface area contributed by atoms with Gasteiger partial charge >= 0.3 is 0 Å². The second-order valence-electron chi connectivity index (χ2n) is 4.72. The van der Waals surface area contributed by atoms with Crippen LogP contribution in [0.4, 0.5) is 5.69 Å². The zero-order chi connectivity index (χ0) is 13.8. The highest BCUT2D eigenvalue weighted by Gasteiger charge is 1.99. The second-order valence-corrected chi connectivity index (χ2v) is 6.09. The Morgan fingerprint density at radius 3 is 2.42 bits per heavy atom. The van der Waals surface area contributed by atoms with Gasteiger partial charge in [-0.2, -0.15) is 0 Å². The van der Waals surface area contributed by atoms with Gasteiger partial charge in [-0.1, -0.05) is 6.07 Å². The molecule has 0 atom stereocenters.